The van der Waals surface area contributed by atoms with E-state index in [4.69, 9.17) is 5.11 Å². The van der Waals surface area contributed by atoms with E-state index >= 15 is 0 Å². The van der Waals surface area contributed by atoms with Crippen molar-refractivity contribution in [2.45, 2.75) is 37.9 Å². The van der Waals surface area contributed by atoms with Crippen LogP contribution in [0.2, 0.25) is 0 Å². The first kappa shape index (κ1) is 15.5. The first-order chi connectivity index (χ1) is 6.90. The molecule has 0 spiro atoms. The summed E-state index contributed by atoms with van der Waals surface area (Å²) >= 11 is 0. The van der Waals surface area contributed by atoms with Crippen molar-refractivity contribution in [3.05, 3.63) is 0 Å². The molecule has 0 saturated carbocycles. The lowest BCUT2D eigenvalue weighted by Crippen LogP contribution is -2.45. The van der Waals surface area contributed by atoms with Gasteiger partial charge in [0.2, 0.25) is 0 Å². The molecule has 1 unspecified atom stereocenters. The van der Waals surface area contributed by atoms with Gasteiger partial charge >= 0.3 is 12.1 Å². The molecule has 1 aliphatic rings. The lowest BCUT2D eigenvalue weighted by molar-refractivity contribution is -0.151. The molecule has 1 heterocycles. The molecule has 0 aliphatic carbocycles. The molecule has 1 rings (SSSR count). The molecule has 1 fully saturated rings. The summed E-state index contributed by atoms with van der Waals surface area (Å²) in [6.45, 7) is 0.244. The molecular formula is C9H15ClF3NO2. The van der Waals surface area contributed by atoms with Crippen molar-refractivity contribution < 1.29 is 23.1 Å². The Labute approximate surface area is 98.0 Å². The van der Waals surface area contributed by atoms with E-state index in [1.165, 1.54) is 4.90 Å². The number of carboxylic acids is 1. The van der Waals surface area contributed by atoms with Gasteiger partial charge in [-0.25, -0.2) is 0 Å². The van der Waals surface area contributed by atoms with Gasteiger partial charge in [0.15, 0.2) is 0 Å². The number of piperidine rings is 1. The maximum Gasteiger partial charge on any atom is 0.390 e. The van der Waals surface area contributed by atoms with Gasteiger partial charge in [-0.1, -0.05) is 6.42 Å². The Morgan fingerprint density at radius 3 is 2.50 bits per heavy atom. The van der Waals surface area contributed by atoms with E-state index in [1.54, 1.807) is 0 Å². The molecule has 96 valence electrons. The van der Waals surface area contributed by atoms with E-state index in [9.17, 15) is 18.0 Å². The summed E-state index contributed by atoms with van der Waals surface area (Å²) in [4.78, 5) is 12.2. The molecule has 0 aromatic heterocycles. The van der Waals surface area contributed by atoms with Crippen LogP contribution in [-0.4, -0.2) is 41.3 Å². The summed E-state index contributed by atoms with van der Waals surface area (Å²) in [5.41, 5.74) is 0. The van der Waals surface area contributed by atoms with Gasteiger partial charge in [0.05, 0.1) is 6.42 Å². The number of hydrogen-bond acceptors (Lipinski definition) is 2. The van der Waals surface area contributed by atoms with E-state index in [2.05, 4.69) is 0 Å². The summed E-state index contributed by atoms with van der Waals surface area (Å²) in [7, 11) is 0. The zero-order valence-corrected chi connectivity index (χ0v) is 9.48. The van der Waals surface area contributed by atoms with Crippen molar-refractivity contribution in [1.82, 2.24) is 4.90 Å². The van der Waals surface area contributed by atoms with E-state index in [1.807, 2.05) is 0 Å². The summed E-state index contributed by atoms with van der Waals surface area (Å²) in [6.07, 6.45) is -3.13. The van der Waals surface area contributed by atoms with Crippen LogP contribution in [0.4, 0.5) is 13.2 Å². The Balaban J connectivity index is 0.00000225. The predicted octanol–water partition coefficient (Wildman–Crippen LogP) is 2.30. The molecule has 1 N–H and O–H groups in total. The van der Waals surface area contributed by atoms with E-state index < -0.39 is 24.6 Å². The molecule has 16 heavy (non-hydrogen) atoms. The minimum absolute atomic E-state index is 0. The van der Waals surface area contributed by atoms with Crippen LogP contribution < -0.4 is 0 Å². The monoisotopic (exact) mass is 261 g/mol. The standard InChI is InChI=1S/C9H14F3NO2.ClH/c10-9(11,12)4-6-13-5-2-1-3-7(13)8(14)15;/h7H,1-6H2,(H,14,15);1H. The van der Waals surface area contributed by atoms with Crippen LogP contribution in [0.5, 0.6) is 0 Å². The van der Waals surface area contributed by atoms with Gasteiger partial charge in [0.25, 0.3) is 0 Å². The average Bonchev–Trinajstić information content (AvgIpc) is 2.14. The first-order valence-corrected chi connectivity index (χ1v) is 4.94. The number of carboxylic acid groups (broad SMARTS) is 1. The SMILES string of the molecule is Cl.O=C(O)C1CCCCN1CCC(F)(F)F. The third-order valence-electron chi connectivity index (χ3n) is 2.58. The Morgan fingerprint density at radius 2 is 2.00 bits per heavy atom. The average molecular weight is 262 g/mol. The van der Waals surface area contributed by atoms with Crippen LogP contribution in [0.25, 0.3) is 0 Å². The second-order valence-corrected chi connectivity index (χ2v) is 3.75. The number of halogens is 4. The number of carbonyl (C=O) groups is 1. The maximum absolute atomic E-state index is 12.0. The number of hydrogen-bond donors (Lipinski definition) is 1. The smallest absolute Gasteiger partial charge is 0.390 e. The summed E-state index contributed by atoms with van der Waals surface area (Å²) in [5, 5.41) is 8.82. The van der Waals surface area contributed by atoms with Gasteiger partial charge in [0, 0.05) is 6.54 Å². The highest BCUT2D eigenvalue weighted by Gasteiger charge is 2.33. The molecule has 0 aromatic carbocycles. The minimum atomic E-state index is -4.21. The van der Waals surface area contributed by atoms with Crippen molar-refractivity contribution >= 4 is 18.4 Å². The van der Waals surface area contributed by atoms with Crippen molar-refractivity contribution in [2.24, 2.45) is 0 Å². The highest BCUT2D eigenvalue weighted by Crippen LogP contribution is 2.23. The van der Waals surface area contributed by atoms with Crippen LogP contribution in [0.15, 0.2) is 0 Å². The second kappa shape index (κ2) is 6.30. The van der Waals surface area contributed by atoms with Crippen molar-refractivity contribution in [1.29, 1.82) is 0 Å². The largest absolute Gasteiger partial charge is 0.480 e. The normalized spacial score (nSPS) is 22.6. The zero-order valence-electron chi connectivity index (χ0n) is 8.66. The molecule has 1 saturated heterocycles. The third-order valence-corrected chi connectivity index (χ3v) is 2.58. The highest BCUT2D eigenvalue weighted by atomic mass is 35.5. The number of rotatable bonds is 3. The quantitative estimate of drug-likeness (QED) is 0.847. The number of aliphatic carboxylic acids is 1. The number of likely N-dealkylation sites (tertiary alicyclic amines) is 1. The Hall–Kier alpha value is -0.490. The van der Waals surface area contributed by atoms with Crippen LogP contribution in [0.1, 0.15) is 25.7 Å². The minimum Gasteiger partial charge on any atom is -0.480 e. The molecule has 0 bridgehead atoms. The molecule has 7 heteroatoms. The Kier molecular flexibility index (Phi) is 6.10. The van der Waals surface area contributed by atoms with Crippen LogP contribution in [0, 0.1) is 0 Å². The fraction of sp³-hybridized carbons (Fsp3) is 0.889. The van der Waals surface area contributed by atoms with Gasteiger partial charge in [-0.3, -0.25) is 9.69 Å². The summed E-state index contributed by atoms with van der Waals surface area (Å²) < 4.78 is 35.9. The molecule has 0 aromatic rings. The predicted molar refractivity (Wildman–Crippen MR) is 54.8 cm³/mol. The number of alkyl halides is 3. The van der Waals surface area contributed by atoms with Crippen molar-refractivity contribution in [2.75, 3.05) is 13.1 Å². The van der Waals surface area contributed by atoms with Gasteiger partial charge < -0.3 is 5.11 Å². The first-order valence-electron chi connectivity index (χ1n) is 4.94. The topological polar surface area (TPSA) is 40.5 Å². The molecule has 3 nitrogen and oxygen atoms in total. The molecular weight excluding hydrogens is 247 g/mol. The van der Waals surface area contributed by atoms with E-state index in [-0.39, 0.29) is 19.0 Å². The third kappa shape index (κ3) is 5.03. The fourth-order valence-electron chi connectivity index (χ4n) is 1.81. The van der Waals surface area contributed by atoms with Crippen LogP contribution in [-0.2, 0) is 4.79 Å². The van der Waals surface area contributed by atoms with Crippen LogP contribution >= 0.6 is 12.4 Å². The molecule has 0 radical (unpaired) electrons. The Morgan fingerprint density at radius 1 is 1.38 bits per heavy atom. The molecule has 0 amide bonds. The second-order valence-electron chi connectivity index (χ2n) is 3.75. The zero-order chi connectivity index (χ0) is 11.5. The van der Waals surface area contributed by atoms with Crippen LogP contribution in [0.3, 0.4) is 0 Å². The van der Waals surface area contributed by atoms with Gasteiger partial charge in [-0.2, -0.15) is 13.2 Å². The molecule has 1 aliphatic heterocycles. The van der Waals surface area contributed by atoms with E-state index in [0.717, 1.165) is 12.8 Å². The highest BCUT2D eigenvalue weighted by molar-refractivity contribution is 5.85. The fourth-order valence-corrected chi connectivity index (χ4v) is 1.81. The maximum atomic E-state index is 12.0. The van der Waals surface area contributed by atoms with Crippen molar-refractivity contribution in [3.63, 3.8) is 0 Å². The Bertz CT molecular complexity index is 235. The van der Waals surface area contributed by atoms with Crippen molar-refractivity contribution in [3.8, 4) is 0 Å². The number of nitrogens with zero attached hydrogens (tertiary/aromatic N) is 1. The lowest BCUT2D eigenvalue weighted by atomic mass is 10.0. The summed E-state index contributed by atoms with van der Waals surface area (Å²) in [6, 6.07) is -0.735. The van der Waals surface area contributed by atoms with Gasteiger partial charge in [-0.05, 0) is 19.4 Å². The molecule has 1 atom stereocenters. The van der Waals surface area contributed by atoms with Gasteiger partial charge in [0.1, 0.15) is 6.04 Å². The lowest BCUT2D eigenvalue weighted by Gasteiger charge is -2.32. The summed E-state index contributed by atoms with van der Waals surface area (Å²) in [5.74, 6) is -1.02. The van der Waals surface area contributed by atoms with Gasteiger partial charge in [-0.15, -0.1) is 12.4 Å². The van der Waals surface area contributed by atoms with E-state index in [0.29, 0.717) is 13.0 Å².